The summed E-state index contributed by atoms with van der Waals surface area (Å²) in [5, 5.41) is 2.32. The molecule has 0 saturated carbocycles. The maximum atomic E-state index is 5.85. The van der Waals surface area contributed by atoms with Crippen LogP contribution in [0.3, 0.4) is 0 Å². The van der Waals surface area contributed by atoms with Crippen LogP contribution >= 0.6 is 0 Å². The molecule has 2 nitrogen and oxygen atoms in total. The number of pyridine rings is 1. The molecule has 22 heavy (non-hydrogen) atoms. The zero-order valence-electron chi connectivity index (χ0n) is 12.3. The van der Waals surface area contributed by atoms with Gasteiger partial charge in [-0.3, -0.25) is 4.98 Å². The molecule has 4 aromatic rings. The molecule has 0 unspecified atom stereocenters. The third-order valence-electron chi connectivity index (χ3n) is 3.79. The normalized spacial score (nSPS) is 11.7. The number of furan rings is 1. The highest BCUT2D eigenvalue weighted by Gasteiger charge is 2.05. The lowest BCUT2D eigenvalue weighted by atomic mass is 10.1. The monoisotopic (exact) mass is 285 g/mol. The summed E-state index contributed by atoms with van der Waals surface area (Å²) < 4.78 is 5.85. The van der Waals surface area contributed by atoms with E-state index in [9.17, 15) is 0 Å². The summed E-state index contributed by atoms with van der Waals surface area (Å²) in [6.45, 7) is 2.00. The van der Waals surface area contributed by atoms with E-state index in [0.717, 1.165) is 38.8 Å². The van der Waals surface area contributed by atoms with Gasteiger partial charge in [0.25, 0.3) is 0 Å². The van der Waals surface area contributed by atoms with E-state index in [0.29, 0.717) is 0 Å². The lowest BCUT2D eigenvalue weighted by Crippen LogP contribution is -1.80. The average molecular weight is 285 g/mol. The van der Waals surface area contributed by atoms with Gasteiger partial charge in [0, 0.05) is 22.7 Å². The maximum Gasteiger partial charge on any atom is 0.135 e. The molecule has 0 aliphatic carbocycles. The van der Waals surface area contributed by atoms with Gasteiger partial charge in [0.1, 0.15) is 11.2 Å². The van der Waals surface area contributed by atoms with Crippen LogP contribution in [0.25, 0.3) is 34.1 Å². The maximum absolute atomic E-state index is 5.85. The van der Waals surface area contributed by atoms with Crippen LogP contribution in [0, 0.1) is 6.92 Å². The Labute approximate surface area is 128 Å². The van der Waals surface area contributed by atoms with Gasteiger partial charge in [-0.25, -0.2) is 0 Å². The Kier molecular flexibility index (Phi) is 3.01. The highest BCUT2D eigenvalue weighted by atomic mass is 16.3. The second-order valence-corrected chi connectivity index (χ2v) is 5.42. The van der Waals surface area contributed by atoms with Crippen LogP contribution in [0.2, 0.25) is 0 Å². The largest absolute Gasteiger partial charge is 0.456 e. The molecule has 0 atom stereocenters. The number of fused-ring (bicyclic) bond motifs is 3. The van der Waals surface area contributed by atoms with Crippen LogP contribution in [-0.2, 0) is 0 Å². The van der Waals surface area contributed by atoms with Crippen molar-refractivity contribution < 1.29 is 4.42 Å². The quantitative estimate of drug-likeness (QED) is 0.489. The van der Waals surface area contributed by atoms with E-state index in [-0.39, 0.29) is 0 Å². The lowest BCUT2D eigenvalue weighted by molar-refractivity contribution is 0.669. The number of rotatable bonds is 2. The molecule has 2 heterocycles. The minimum Gasteiger partial charge on any atom is -0.456 e. The van der Waals surface area contributed by atoms with E-state index in [1.165, 1.54) is 0 Å². The molecule has 0 spiro atoms. The van der Waals surface area contributed by atoms with Crippen LogP contribution in [-0.4, -0.2) is 4.98 Å². The fraction of sp³-hybridized carbons (Fsp3) is 0.0500. The Bertz CT molecular complexity index is 995. The third kappa shape index (κ3) is 2.29. The molecule has 4 rings (SSSR count). The van der Waals surface area contributed by atoms with Crippen LogP contribution in [0.5, 0.6) is 0 Å². The van der Waals surface area contributed by atoms with E-state index in [2.05, 4.69) is 41.4 Å². The lowest BCUT2D eigenvalue weighted by Gasteiger charge is -1.97. The van der Waals surface area contributed by atoms with Gasteiger partial charge >= 0.3 is 0 Å². The van der Waals surface area contributed by atoms with Gasteiger partial charge in [-0.05, 0) is 48.4 Å². The number of benzene rings is 2. The molecule has 0 aliphatic rings. The molecule has 0 radical (unpaired) electrons. The van der Waals surface area contributed by atoms with Gasteiger partial charge in [-0.1, -0.05) is 36.4 Å². The standard InChI is InChI=1S/C20H15NO/c1-14-12-16(10-11-21-14)7-6-15-8-9-20-18(13-15)17-4-2-3-5-19(17)22-20/h2-13H,1H3/b7-6+. The molecule has 106 valence electrons. The molecule has 0 N–H and O–H groups in total. The Balaban J connectivity index is 1.77. The summed E-state index contributed by atoms with van der Waals surface area (Å²) in [6.07, 6.45) is 6.07. The Hall–Kier alpha value is -2.87. The summed E-state index contributed by atoms with van der Waals surface area (Å²) in [4.78, 5) is 4.22. The van der Waals surface area contributed by atoms with E-state index < -0.39 is 0 Å². The van der Waals surface area contributed by atoms with Gasteiger partial charge in [-0.2, -0.15) is 0 Å². The number of nitrogens with zero attached hydrogens (tertiary/aromatic N) is 1. The van der Waals surface area contributed by atoms with Crippen LogP contribution in [0.1, 0.15) is 16.8 Å². The van der Waals surface area contributed by atoms with Gasteiger partial charge in [0.15, 0.2) is 0 Å². The first-order chi connectivity index (χ1) is 10.8. The van der Waals surface area contributed by atoms with Gasteiger partial charge in [0.2, 0.25) is 0 Å². The van der Waals surface area contributed by atoms with E-state index in [1.807, 2.05) is 43.5 Å². The molecule has 0 bridgehead atoms. The first-order valence-electron chi connectivity index (χ1n) is 7.32. The zero-order valence-corrected chi connectivity index (χ0v) is 12.3. The van der Waals surface area contributed by atoms with Crippen molar-refractivity contribution in [2.45, 2.75) is 6.92 Å². The minimum atomic E-state index is 0.929. The number of hydrogen-bond donors (Lipinski definition) is 0. The van der Waals surface area contributed by atoms with Crippen LogP contribution < -0.4 is 0 Å². The number of aromatic nitrogens is 1. The Morgan fingerprint density at radius 1 is 0.818 bits per heavy atom. The van der Waals surface area contributed by atoms with Crippen molar-refractivity contribution >= 4 is 34.1 Å². The van der Waals surface area contributed by atoms with Crippen molar-refractivity contribution in [3.05, 3.63) is 77.6 Å². The van der Waals surface area contributed by atoms with Crippen LogP contribution in [0.4, 0.5) is 0 Å². The second-order valence-electron chi connectivity index (χ2n) is 5.42. The third-order valence-corrected chi connectivity index (χ3v) is 3.79. The van der Waals surface area contributed by atoms with Gasteiger partial charge in [0.05, 0.1) is 0 Å². The molecule has 0 aliphatic heterocycles. The van der Waals surface area contributed by atoms with E-state index in [1.54, 1.807) is 0 Å². The topological polar surface area (TPSA) is 26.0 Å². The van der Waals surface area contributed by atoms with Crippen molar-refractivity contribution in [3.63, 3.8) is 0 Å². The number of para-hydroxylation sites is 1. The molecule has 0 amide bonds. The molecular formula is C20H15NO. The summed E-state index contributed by atoms with van der Waals surface area (Å²) in [5.74, 6) is 0. The highest BCUT2D eigenvalue weighted by molar-refractivity contribution is 6.05. The summed E-state index contributed by atoms with van der Waals surface area (Å²) in [6, 6.07) is 18.5. The van der Waals surface area contributed by atoms with Crippen molar-refractivity contribution in [3.8, 4) is 0 Å². The SMILES string of the molecule is Cc1cc(/C=C/c2ccc3oc4ccccc4c3c2)ccn1. The molecule has 0 fully saturated rings. The predicted octanol–water partition coefficient (Wildman–Crippen LogP) is 5.46. The molecule has 2 heteroatoms. The Morgan fingerprint density at radius 2 is 1.59 bits per heavy atom. The fourth-order valence-electron chi connectivity index (χ4n) is 2.71. The summed E-state index contributed by atoms with van der Waals surface area (Å²) in [7, 11) is 0. The molecule has 0 saturated heterocycles. The number of hydrogen-bond acceptors (Lipinski definition) is 2. The van der Waals surface area contributed by atoms with Gasteiger partial charge in [-0.15, -0.1) is 0 Å². The minimum absolute atomic E-state index is 0.929. The molecule has 2 aromatic heterocycles. The molecule has 2 aromatic carbocycles. The first-order valence-corrected chi connectivity index (χ1v) is 7.32. The number of aryl methyl sites for hydroxylation is 1. The average Bonchev–Trinajstić information content (AvgIpc) is 2.91. The van der Waals surface area contributed by atoms with Crippen molar-refractivity contribution in [1.29, 1.82) is 0 Å². The Morgan fingerprint density at radius 3 is 2.45 bits per heavy atom. The summed E-state index contributed by atoms with van der Waals surface area (Å²) in [5.41, 5.74) is 5.21. The van der Waals surface area contributed by atoms with Gasteiger partial charge < -0.3 is 4.42 Å². The van der Waals surface area contributed by atoms with Crippen molar-refractivity contribution in [2.75, 3.05) is 0 Å². The molecular weight excluding hydrogens is 270 g/mol. The van der Waals surface area contributed by atoms with Crippen LogP contribution in [0.15, 0.2) is 65.2 Å². The fourth-order valence-corrected chi connectivity index (χ4v) is 2.71. The summed E-state index contributed by atoms with van der Waals surface area (Å²) >= 11 is 0. The van der Waals surface area contributed by atoms with Crippen molar-refractivity contribution in [1.82, 2.24) is 4.98 Å². The first kappa shape index (κ1) is 12.8. The smallest absolute Gasteiger partial charge is 0.135 e. The second kappa shape index (κ2) is 5.15. The van der Waals surface area contributed by atoms with E-state index in [4.69, 9.17) is 4.42 Å². The highest BCUT2D eigenvalue weighted by Crippen LogP contribution is 2.29. The predicted molar refractivity (Wildman–Crippen MR) is 91.6 cm³/mol. The van der Waals surface area contributed by atoms with Crippen molar-refractivity contribution in [2.24, 2.45) is 0 Å². The van der Waals surface area contributed by atoms with E-state index >= 15 is 0 Å². The zero-order chi connectivity index (χ0) is 14.9.